The highest BCUT2D eigenvalue weighted by molar-refractivity contribution is 5.79. The van der Waals surface area contributed by atoms with Crippen molar-refractivity contribution >= 4 is 5.96 Å². The van der Waals surface area contributed by atoms with Crippen LogP contribution >= 0.6 is 0 Å². The second kappa shape index (κ2) is 11.8. The van der Waals surface area contributed by atoms with Gasteiger partial charge in [0.25, 0.3) is 0 Å². The Balaban J connectivity index is 2.72. The van der Waals surface area contributed by atoms with E-state index >= 15 is 0 Å². The molecular weight excluding hydrogens is 290 g/mol. The molecule has 0 spiro atoms. The van der Waals surface area contributed by atoms with Gasteiger partial charge in [0.05, 0.1) is 19.8 Å². The average molecular weight is 321 g/mol. The monoisotopic (exact) mass is 321 g/mol. The van der Waals surface area contributed by atoms with E-state index in [2.05, 4.69) is 47.7 Å². The molecule has 0 unspecified atom stereocenters. The summed E-state index contributed by atoms with van der Waals surface area (Å²) in [6, 6.07) is 6.23. The predicted molar refractivity (Wildman–Crippen MR) is 96.1 cm³/mol. The number of aliphatic hydroxyl groups is 1. The summed E-state index contributed by atoms with van der Waals surface area (Å²) in [6.07, 6.45) is 3.46. The van der Waals surface area contributed by atoms with E-state index in [1.54, 1.807) is 0 Å². The van der Waals surface area contributed by atoms with Gasteiger partial charge in [0, 0.05) is 18.7 Å². The van der Waals surface area contributed by atoms with Gasteiger partial charge in [-0.05, 0) is 31.9 Å². The molecular formula is C18H31N3O2. The third kappa shape index (κ3) is 7.88. The quantitative estimate of drug-likeness (QED) is 0.352. The molecule has 0 aliphatic heterocycles. The van der Waals surface area contributed by atoms with Crippen molar-refractivity contribution in [2.75, 3.05) is 26.3 Å². The van der Waals surface area contributed by atoms with E-state index in [4.69, 9.17) is 9.84 Å². The fourth-order valence-electron chi connectivity index (χ4n) is 2.14. The molecule has 1 aromatic carbocycles. The first-order valence-electron chi connectivity index (χ1n) is 8.56. The molecule has 23 heavy (non-hydrogen) atoms. The number of hydrogen-bond acceptors (Lipinski definition) is 3. The van der Waals surface area contributed by atoms with Gasteiger partial charge in [0.1, 0.15) is 5.75 Å². The Morgan fingerprint density at radius 2 is 2.04 bits per heavy atom. The number of aliphatic imine (C=N–C) groups is 1. The molecule has 130 valence electrons. The van der Waals surface area contributed by atoms with Crippen LogP contribution in [0.15, 0.2) is 23.2 Å². The maximum atomic E-state index is 8.92. The zero-order valence-electron chi connectivity index (χ0n) is 14.7. The van der Waals surface area contributed by atoms with Gasteiger partial charge in [-0.3, -0.25) is 0 Å². The zero-order valence-corrected chi connectivity index (χ0v) is 14.7. The molecule has 0 atom stereocenters. The van der Waals surface area contributed by atoms with Gasteiger partial charge in [-0.1, -0.05) is 31.9 Å². The SMILES string of the molecule is CCCCCOc1cc(C)ccc1CN=C(NCC)NCCO. The number of benzene rings is 1. The molecule has 0 fully saturated rings. The van der Waals surface area contributed by atoms with Gasteiger partial charge >= 0.3 is 0 Å². The fourth-order valence-corrected chi connectivity index (χ4v) is 2.14. The van der Waals surface area contributed by atoms with Crippen molar-refractivity contribution in [3.63, 3.8) is 0 Å². The summed E-state index contributed by atoms with van der Waals surface area (Å²) in [5.74, 6) is 1.63. The van der Waals surface area contributed by atoms with Gasteiger partial charge in [0.2, 0.25) is 0 Å². The molecule has 0 bridgehead atoms. The second-order valence-corrected chi connectivity index (χ2v) is 5.51. The third-order valence-electron chi connectivity index (χ3n) is 3.38. The molecule has 0 amide bonds. The molecule has 5 nitrogen and oxygen atoms in total. The summed E-state index contributed by atoms with van der Waals surface area (Å²) in [4.78, 5) is 4.56. The van der Waals surface area contributed by atoms with Gasteiger partial charge in [0.15, 0.2) is 5.96 Å². The van der Waals surface area contributed by atoms with E-state index in [1.807, 2.05) is 6.92 Å². The molecule has 1 aromatic rings. The molecule has 0 aromatic heterocycles. The highest BCUT2D eigenvalue weighted by Crippen LogP contribution is 2.21. The van der Waals surface area contributed by atoms with Crippen LogP contribution in [0.2, 0.25) is 0 Å². The van der Waals surface area contributed by atoms with Crippen molar-refractivity contribution in [2.45, 2.75) is 46.6 Å². The Bertz CT molecular complexity index is 475. The van der Waals surface area contributed by atoms with Crippen molar-refractivity contribution in [1.82, 2.24) is 10.6 Å². The highest BCUT2D eigenvalue weighted by Gasteiger charge is 2.05. The van der Waals surface area contributed by atoms with Crippen molar-refractivity contribution in [3.05, 3.63) is 29.3 Å². The van der Waals surface area contributed by atoms with E-state index < -0.39 is 0 Å². The third-order valence-corrected chi connectivity index (χ3v) is 3.38. The largest absolute Gasteiger partial charge is 0.493 e. The first-order valence-corrected chi connectivity index (χ1v) is 8.56. The maximum Gasteiger partial charge on any atom is 0.191 e. The molecule has 3 N–H and O–H groups in total. The van der Waals surface area contributed by atoms with Crippen LogP contribution in [0.25, 0.3) is 0 Å². The Morgan fingerprint density at radius 1 is 1.22 bits per heavy atom. The fraction of sp³-hybridized carbons (Fsp3) is 0.611. The van der Waals surface area contributed by atoms with Crippen LogP contribution in [0, 0.1) is 6.92 Å². The molecule has 0 radical (unpaired) electrons. The van der Waals surface area contributed by atoms with Crippen LogP contribution in [0.5, 0.6) is 5.75 Å². The lowest BCUT2D eigenvalue weighted by Gasteiger charge is -2.13. The zero-order chi connectivity index (χ0) is 16.9. The van der Waals surface area contributed by atoms with E-state index in [0.717, 1.165) is 30.9 Å². The summed E-state index contributed by atoms with van der Waals surface area (Å²) in [5, 5.41) is 15.2. The molecule has 0 aliphatic carbocycles. The summed E-state index contributed by atoms with van der Waals surface area (Å²) in [7, 11) is 0. The number of ether oxygens (including phenoxy) is 1. The Labute approximate surface area is 140 Å². The van der Waals surface area contributed by atoms with Gasteiger partial charge < -0.3 is 20.5 Å². The van der Waals surface area contributed by atoms with Crippen LogP contribution in [-0.4, -0.2) is 37.4 Å². The van der Waals surface area contributed by atoms with Crippen molar-refractivity contribution in [2.24, 2.45) is 4.99 Å². The van der Waals surface area contributed by atoms with Gasteiger partial charge in [-0.15, -0.1) is 0 Å². The molecule has 1 rings (SSSR count). The summed E-state index contributed by atoms with van der Waals surface area (Å²) < 4.78 is 5.94. The Kier molecular flexibility index (Phi) is 9.87. The lowest BCUT2D eigenvalue weighted by atomic mass is 10.1. The van der Waals surface area contributed by atoms with Crippen LogP contribution in [0.1, 0.15) is 44.2 Å². The molecule has 0 aliphatic rings. The lowest BCUT2D eigenvalue weighted by molar-refractivity contribution is 0.299. The Morgan fingerprint density at radius 3 is 2.74 bits per heavy atom. The Hall–Kier alpha value is -1.75. The highest BCUT2D eigenvalue weighted by atomic mass is 16.5. The van der Waals surface area contributed by atoms with E-state index in [-0.39, 0.29) is 6.61 Å². The first-order chi connectivity index (χ1) is 11.2. The van der Waals surface area contributed by atoms with Crippen LogP contribution in [-0.2, 0) is 6.54 Å². The minimum atomic E-state index is 0.0841. The average Bonchev–Trinajstić information content (AvgIpc) is 2.55. The molecule has 0 heterocycles. The van der Waals surface area contributed by atoms with Crippen LogP contribution in [0.3, 0.4) is 0 Å². The van der Waals surface area contributed by atoms with Crippen molar-refractivity contribution in [1.29, 1.82) is 0 Å². The summed E-state index contributed by atoms with van der Waals surface area (Å²) in [5.41, 5.74) is 2.27. The van der Waals surface area contributed by atoms with E-state index in [0.29, 0.717) is 19.0 Å². The standard InChI is InChI=1S/C18H31N3O2/c1-4-6-7-12-23-17-13-15(3)8-9-16(17)14-21-18(19-5-2)20-10-11-22/h8-9,13,22H,4-7,10-12,14H2,1-3H3,(H2,19,20,21). The number of nitrogens with one attached hydrogen (secondary N) is 2. The predicted octanol–water partition coefficient (Wildman–Crippen LogP) is 2.61. The molecule has 0 saturated heterocycles. The van der Waals surface area contributed by atoms with Crippen LogP contribution in [0.4, 0.5) is 0 Å². The van der Waals surface area contributed by atoms with Gasteiger partial charge in [-0.2, -0.15) is 0 Å². The van der Waals surface area contributed by atoms with E-state index in [9.17, 15) is 0 Å². The second-order valence-electron chi connectivity index (χ2n) is 5.51. The molecule has 0 saturated carbocycles. The lowest BCUT2D eigenvalue weighted by Crippen LogP contribution is -2.38. The van der Waals surface area contributed by atoms with E-state index in [1.165, 1.54) is 18.4 Å². The topological polar surface area (TPSA) is 65.9 Å². The van der Waals surface area contributed by atoms with Crippen LogP contribution < -0.4 is 15.4 Å². The maximum absolute atomic E-state index is 8.92. The number of aryl methyl sites for hydroxylation is 1. The summed E-state index contributed by atoms with van der Waals surface area (Å²) in [6.45, 7) is 8.92. The number of hydrogen-bond donors (Lipinski definition) is 3. The minimum Gasteiger partial charge on any atom is -0.493 e. The smallest absolute Gasteiger partial charge is 0.191 e. The van der Waals surface area contributed by atoms with Gasteiger partial charge in [-0.25, -0.2) is 4.99 Å². The first kappa shape index (κ1) is 19.3. The van der Waals surface area contributed by atoms with Crippen molar-refractivity contribution in [3.8, 4) is 5.75 Å². The minimum absolute atomic E-state index is 0.0841. The number of nitrogens with zero attached hydrogens (tertiary/aromatic N) is 1. The number of rotatable bonds is 10. The normalized spacial score (nSPS) is 11.4. The van der Waals surface area contributed by atoms with Crippen molar-refractivity contribution < 1.29 is 9.84 Å². The number of aliphatic hydroxyl groups excluding tert-OH is 1. The molecule has 5 heteroatoms. The summed E-state index contributed by atoms with van der Waals surface area (Å²) >= 11 is 0. The number of guanidine groups is 1. The number of unbranched alkanes of at least 4 members (excludes halogenated alkanes) is 2.